The molecule has 3 N–H and O–H groups in total. The summed E-state index contributed by atoms with van der Waals surface area (Å²) in [6, 6.07) is 12.7. The van der Waals surface area contributed by atoms with Gasteiger partial charge in [-0.3, -0.25) is 4.79 Å². The largest absolute Gasteiger partial charge is 0.497 e. The van der Waals surface area contributed by atoms with E-state index in [4.69, 9.17) is 4.74 Å². The summed E-state index contributed by atoms with van der Waals surface area (Å²) in [6.45, 7) is 4.18. The second-order valence-electron chi connectivity index (χ2n) is 7.33. The third-order valence-corrected chi connectivity index (χ3v) is 5.14. The summed E-state index contributed by atoms with van der Waals surface area (Å²) in [7, 11) is 1.58. The Balaban J connectivity index is 1.46. The van der Waals surface area contributed by atoms with Crippen LogP contribution in [0.2, 0.25) is 0 Å². The Hall–Kier alpha value is -2.58. The van der Waals surface area contributed by atoms with Gasteiger partial charge in [-0.1, -0.05) is 18.2 Å². The van der Waals surface area contributed by atoms with Crippen molar-refractivity contribution in [1.82, 2.24) is 0 Å². The highest BCUT2D eigenvalue weighted by Crippen LogP contribution is 2.29. The maximum Gasteiger partial charge on any atom is 0.416 e. The van der Waals surface area contributed by atoms with Gasteiger partial charge in [0, 0.05) is 17.3 Å². The summed E-state index contributed by atoms with van der Waals surface area (Å²) in [5, 5.41) is 2.88. The Morgan fingerprint density at radius 2 is 1.72 bits per heavy atom. The van der Waals surface area contributed by atoms with Gasteiger partial charge in [-0.25, -0.2) is 0 Å². The molecule has 1 heterocycles. The lowest BCUT2D eigenvalue weighted by atomic mass is 10.1. The zero-order chi connectivity index (χ0) is 20.9. The molecule has 29 heavy (non-hydrogen) atoms. The zero-order valence-corrected chi connectivity index (χ0v) is 16.3. The Labute approximate surface area is 168 Å². The van der Waals surface area contributed by atoms with Crippen LogP contribution in [0.5, 0.6) is 5.75 Å². The molecule has 1 aliphatic heterocycles. The first-order valence-electron chi connectivity index (χ1n) is 9.60. The highest BCUT2D eigenvalue weighted by molar-refractivity contribution is 5.91. The van der Waals surface area contributed by atoms with Crippen LogP contribution in [0, 0.1) is 0 Å². The second-order valence-corrected chi connectivity index (χ2v) is 7.33. The number of amides is 1. The molecule has 1 amide bonds. The average molecular weight is 409 g/mol. The third-order valence-electron chi connectivity index (χ3n) is 5.14. The normalized spacial score (nSPS) is 19.6. The van der Waals surface area contributed by atoms with Crippen LogP contribution in [0.25, 0.3) is 0 Å². The minimum Gasteiger partial charge on any atom is -0.497 e. The number of nitrogens with one attached hydrogen (secondary N) is 3. The lowest BCUT2D eigenvalue weighted by molar-refractivity contribution is -1.02. The van der Waals surface area contributed by atoms with Crippen molar-refractivity contribution in [3.8, 4) is 5.75 Å². The van der Waals surface area contributed by atoms with E-state index in [-0.39, 0.29) is 5.91 Å². The number of methoxy groups -OCH3 is 1. The summed E-state index contributed by atoms with van der Waals surface area (Å²) < 4.78 is 43.7. The summed E-state index contributed by atoms with van der Waals surface area (Å²) in [5.74, 6) is 0.622. The minimum atomic E-state index is -4.32. The predicted octanol–water partition coefficient (Wildman–Crippen LogP) is 0.636. The van der Waals surface area contributed by atoms with Crippen LogP contribution < -0.4 is 19.9 Å². The number of halogens is 3. The molecule has 3 rings (SSSR count). The number of alkyl halides is 3. The Kier molecular flexibility index (Phi) is 6.76. The summed E-state index contributed by atoms with van der Waals surface area (Å²) in [6.07, 6.45) is -4.32. The molecular weight excluding hydrogens is 383 g/mol. The fourth-order valence-corrected chi connectivity index (χ4v) is 3.59. The van der Waals surface area contributed by atoms with E-state index in [1.165, 1.54) is 21.9 Å². The van der Waals surface area contributed by atoms with Gasteiger partial charge in [0.1, 0.15) is 38.5 Å². The molecule has 2 aromatic rings. The number of carbonyl (C=O) groups excluding carboxylic acids is 1. The van der Waals surface area contributed by atoms with Crippen molar-refractivity contribution in [3.63, 3.8) is 0 Å². The number of rotatable bonds is 6. The lowest BCUT2D eigenvalue weighted by Crippen LogP contribution is -3.28. The monoisotopic (exact) mass is 409 g/mol. The molecule has 1 saturated heterocycles. The second kappa shape index (κ2) is 9.28. The molecular formula is C21H26F3N3O2+2. The first kappa shape index (κ1) is 21.1. The van der Waals surface area contributed by atoms with Crippen molar-refractivity contribution < 1.29 is 32.5 Å². The first-order valence-corrected chi connectivity index (χ1v) is 9.60. The van der Waals surface area contributed by atoms with Crippen molar-refractivity contribution in [2.24, 2.45) is 0 Å². The molecule has 156 valence electrons. The molecule has 0 radical (unpaired) electrons. The van der Waals surface area contributed by atoms with Gasteiger partial charge in [0.05, 0.1) is 12.7 Å². The molecule has 0 saturated carbocycles. The van der Waals surface area contributed by atoms with Crippen LogP contribution in [0.4, 0.5) is 18.9 Å². The van der Waals surface area contributed by atoms with Gasteiger partial charge in [-0.05, 0) is 24.3 Å². The van der Waals surface area contributed by atoms with E-state index in [0.717, 1.165) is 32.2 Å². The van der Waals surface area contributed by atoms with Gasteiger partial charge in [-0.15, -0.1) is 0 Å². The van der Waals surface area contributed by atoms with Gasteiger partial charge in [0.15, 0.2) is 6.54 Å². The number of quaternary nitrogens is 2. The van der Waals surface area contributed by atoms with Crippen LogP contribution in [0.1, 0.15) is 11.1 Å². The molecule has 0 spiro atoms. The van der Waals surface area contributed by atoms with Crippen LogP contribution in [0.15, 0.2) is 48.5 Å². The van der Waals surface area contributed by atoms with Crippen LogP contribution in [-0.2, 0) is 17.5 Å². The van der Waals surface area contributed by atoms with E-state index >= 15 is 0 Å². The van der Waals surface area contributed by atoms with E-state index in [1.54, 1.807) is 19.2 Å². The van der Waals surface area contributed by atoms with Crippen molar-refractivity contribution in [2.75, 3.05) is 45.2 Å². The third kappa shape index (κ3) is 6.20. The minimum absolute atomic E-state index is 0.0606. The van der Waals surface area contributed by atoms with E-state index in [9.17, 15) is 18.0 Å². The van der Waals surface area contributed by atoms with Crippen LogP contribution >= 0.6 is 0 Å². The number of benzene rings is 2. The fraction of sp³-hybridized carbons (Fsp3) is 0.381. The van der Waals surface area contributed by atoms with Crippen molar-refractivity contribution >= 4 is 11.6 Å². The summed E-state index contributed by atoms with van der Waals surface area (Å²) >= 11 is 0. The van der Waals surface area contributed by atoms with E-state index < -0.39 is 11.7 Å². The topological polar surface area (TPSA) is 47.2 Å². The Morgan fingerprint density at radius 3 is 2.41 bits per heavy atom. The van der Waals surface area contributed by atoms with E-state index in [2.05, 4.69) is 5.32 Å². The number of hydrogen-bond donors (Lipinski definition) is 3. The lowest BCUT2D eigenvalue weighted by Gasteiger charge is -2.29. The van der Waals surface area contributed by atoms with Gasteiger partial charge < -0.3 is 19.9 Å². The molecule has 1 fully saturated rings. The predicted molar refractivity (Wildman–Crippen MR) is 103 cm³/mol. The quantitative estimate of drug-likeness (QED) is 0.656. The van der Waals surface area contributed by atoms with Crippen molar-refractivity contribution in [1.29, 1.82) is 0 Å². The molecule has 0 aliphatic carbocycles. The first-order chi connectivity index (χ1) is 13.8. The van der Waals surface area contributed by atoms with E-state index in [1.807, 2.05) is 18.2 Å². The number of anilines is 1. The molecule has 5 nitrogen and oxygen atoms in total. The highest BCUT2D eigenvalue weighted by atomic mass is 19.4. The summed E-state index contributed by atoms with van der Waals surface area (Å²) in [4.78, 5) is 14.7. The molecule has 0 bridgehead atoms. The van der Waals surface area contributed by atoms with Crippen molar-refractivity contribution in [2.45, 2.75) is 12.7 Å². The number of carbonyl (C=O) groups is 1. The molecule has 0 unspecified atom stereocenters. The SMILES string of the molecule is COc1cccc(NC(=O)C[NH+]2CC[NH+](Cc3cccc(C(F)(F)F)c3)CC2)c1. The molecule has 8 heteroatoms. The molecule has 2 aromatic carbocycles. The Morgan fingerprint density at radius 1 is 1.03 bits per heavy atom. The molecule has 0 atom stereocenters. The van der Waals surface area contributed by atoms with Crippen molar-refractivity contribution in [3.05, 3.63) is 59.7 Å². The number of piperazine rings is 1. The smallest absolute Gasteiger partial charge is 0.416 e. The molecule has 1 aliphatic rings. The maximum atomic E-state index is 12.9. The van der Waals surface area contributed by atoms with Crippen LogP contribution in [-0.4, -0.2) is 45.7 Å². The molecule has 0 aromatic heterocycles. The fourth-order valence-electron chi connectivity index (χ4n) is 3.59. The standard InChI is InChI=1S/C21H24F3N3O2/c1-29-19-7-3-6-18(13-19)25-20(28)15-27-10-8-26(9-11-27)14-16-4-2-5-17(12-16)21(22,23)24/h2-7,12-13H,8-11,14-15H2,1H3,(H,25,28)/p+2. The van der Waals surface area contributed by atoms with E-state index in [0.29, 0.717) is 30.1 Å². The summed E-state index contributed by atoms with van der Waals surface area (Å²) in [5.41, 5.74) is 0.782. The van der Waals surface area contributed by atoms with Gasteiger partial charge in [0.25, 0.3) is 5.91 Å². The average Bonchev–Trinajstić information content (AvgIpc) is 2.69. The zero-order valence-electron chi connectivity index (χ0n) is 16.3. The number of ether oxygens (including phenoxy) is 1. The Bertz CT molecular complexity index is 834. The van der Waals surface area contributed by atoms with Crippen LogP contribution in [0.3, 0.4) is 0 Å². The highest BCUT2D eigenvalue weighted by Gasteiger charge is 2.31. The maximum absolute atomic E-state index is 12.9. The number of hydrogen-bond acceptors (Lipinski definition) is 2. The van der Waals surface area contributed by atoms with Gasteiger partial charge >= 0.3 is 6.18 Å². The van der Waals surface area contributed by atoms with Gasteiger partial charge in [-0.2, -0.15) is 13.2 Å². The van der Waals surface area contributed by atoms with Gasteiger partial charge in [0.2, 0.25) is 0 Å².